The Labute approximate surface area is 199 Å². The second kappa shape index (κ2) is 8.06. The Morgan fingerprint density at radius 1 is 1.29 bits per heavy atom. The molecule has 3 aliphatic heterocycles. The Hall–Kier alpha value is -2.98. The summed E-state index contributed by atoms with van der Waals surface area (Å²) in [6.45, 7) is 3.22. The molecular formula is C24H25F2N5O2S. The summed E-state index contributed by atoms with van der Waals surface area (Å²) in [7, 11) is 0. The van der Waals surface area contributed by atoms with Crippen LogP contribution in [0.5, 0.6) is 5.75 Å². The van der Waals surface area contributed by atoms with Gasteiger partial charge in [0.05, 0.1) is 17.4 Å². The fourth-order valence-electron chi connectivity index (χ4n) is 5.28. The summed E-state index contributed by atoms with van der Waals surface area (Å²) in [5, 5.41) is 7.10. The number of carbonyl (C=O) groups is 1. The second-order valence-electron chi connectivity index (χ2n) is 9.38. The van der Waals surface area contributed by atoms with Gasteiger partial charge in [0.2, 0.25) is 0 Å². The number of piperazine rings is 1. The van der Waals surface area contributed by atoms with Gasteiger partial charge in [-0.3, -0.25) is 4.79 Å². The number of nitrogen functional groups attached to an aromatic ring is 1. The molecule has 6 rings (SSSR count). The van der Waals surface area contributed by atoms with Crippen molar-refractivity contribution in [3.05, 3.63) is 46.0 Å². The normalized spacial score (nSPS) is 23.6. The molecule has 3 aromatic rings. The van der Waals surface area contributed by atoms with Crippen LogP contribution in [-0.2, 0) is 6.42 Å². The number of anilines is 2. The van der Waals surface area contributed by atoms with Gasteiger partial charge in [0, 0.05) is 54.3 Å². The van der Waals surface area contributed by atoms with Crippen LogP contribution < -0.4 is 26.0 Å². The zero-order valence-corrected chi connectivity index (χ0v) is 19.5. The number of pyridine rings is 1. The highest BCUT2D eigenvalue weighted by Crippen LogP contribution is 2.38. The number of aryl methyl sites for hydroxylation is 1. The molecule has 7 nitrogen and oxygen atoms in total. The van der Waals surface area contributed by atoms with Crippen molar-refractivity contribution in [3.63, 3.8) is 0 Å². The average Bonchev–Trinajstić information content (AvgIpc) is 3.33. The molecule has 2 saturated heterocycles. The number of thiophene rings is 1. The maximum absolute atomic E-state index is 15.4. The Kier molecular flexibility index (Phi) is 5.11. The van der Waals surface area contributed by atoms with Crippen molar-refractivity contribution in [2.24, 2.45) is 0 Å². The zero-order chi connectivity index (χ0) is 23.6. The van der Waals surface area contributed by atoms with Crippen LogP contribution in [0.15, 0.2) is 18.2 Å². The number of amides is 1. The van der Waals surface area contributed by atoms with E-state index in [1.165, 1.54) is 17.4 Å². The predicted octanol–water partition coefficient (Wildman–Crippen LogP) is 3.14. The van der Waals surface area contributed by atoms with Crippen LogP contribution in [0.4, 0.5) is 20.2 Å². The number of nitrogens with one attached hydrogen (secondary N) is 2. The number of nitrogens with two attached hydrogens (primary N) is 1. The molecule has 4 N–H and O–H groups in total. The number of ether oxygens (including phenoxy) is 1. The summed E-state index contributed by atoms with van der Waals surface area (Å²) >= 11 is 1.22. The van der Waals surface area contributed by atoms with E-state index in [2.05, 4.69) is 15.6 Å². The Balaban J connectivity index is 1.22. The predicted molar refractivity (Wildman–Crippen MR) is 128 cm³/mol. The van der Waals surface area contributed by atoms with Crippen molar-refractivity contribution in [3.8, 4) is 5.75 Å². The first-order valence-corrected chi connectivity index (χ1v) is 12.3. The summed E-state index contributed by atoms with van der Waals surface area (Å²) < 4.78 is 36.2. The van der Waals surface area contributed by atoms with E-state index in [4.69, 9.17) is 10.5 Å². The van der Waals surface area contributed by atoms with E-state index in [0.29, 0.717) is 40.6 Å². The molecule has 10 heteroatoms. The van der Waals surface area contributed by atoms with Crippen LogP contribution in [0, 0.1) is 18.6 Å². The number of fused-ring (bicyclic) bond motifs is 4. The van der Waals surface area contributed by atoms with Crippen LogP contribution >= 0.6 is 11.3 Å². The molecule has 2 aromatic heterocycles. The van der Waals surface area contributed by atoms with E-state index in [1.807, 2.05) is 24.0 Å². The Morgan fingerprint density at radius 3 is 2.82 bits per heavy atom. The molecule has 1 aromatic carbocycles. The molecule has 0 radical (unpaired) electrons. The quantitative estimate of drug-likeness (QED) is 0.528. The van der Waals surface area contributed by atoms with Crippen molar-refractivity contribution in [1.82, 2.24) is 15.6 Å². The number of halogens is 2. The van der Waals surface area contributed by atoms with Crippen molar-refractivity contribution in [2.45, 2.75) is 44.3 Å². The Morgan fingerprint density at radius 2 is 2.06 bits per heavy atom. The average molecular weight is 486 g/mol. The molecule has 3 aliphatic rings. The molecule has 5 heterocycles. The number of aromatic nitrogens is 1. The summed E-state index contributed by atoms with van der Waals surface area (Å²) in [5.41, 5.74) is 7.79. The van der Waals surface area contributed by atoms with Crippen molar-refractivity contribution in [2.75, 3.05) is 30.3 Å². The molecular weight excluding hydrogens is 460 g/mol. The first-order valence-electron chi connectivity index (χ1n) is 11.5. The molecule has 3 atom stereocenters. The van der Waals surface area contributed by atoms with Gasteiger partial charge in [-0.15, -0.1) is 11.3 Å². The summed E-state index contributed by atoms with van der Waals surface area (Å²) in [5.74, 6) is -1.47. The third-order valence-electron chi connectivity index (χ3n) is 6.96. The van der Waals surface area contributed by atoms with Gasteiger partial charge in [0.15, 0.2) is 11.6 Å². The lowest BCUT2D eigenvalue weighted by atomic mass is 10.00. The summed E-state index contributed by atoms with van der Waals surface area (Å²) in [4.78, 5) is 20.3. The number of hydrogen-bond acceptors (Lipinski definition) is 7. The van der Waals surface area contributed by atoms with E-state index in [9.17, 15) is 4.79 Å². The van der Waals surface area contributed by atoms with E-state index in [0.717, 1.165) is 23.9 Å². The zero-order valence-electron chi connectivity index (χ0n) is 18.7. The fourth-order valence-corrected chi connectivity index (χ4v) is 6.33. The summed E-state index contributed by atoms with van der Waals surface area (Å²) in [6.07, 6.45) is 2.24. The van der Waals surface area contributed by atoms with Crippen LogP contribution in [0.2, 0.25) is 0 Å². The van der Waals surface area contributed by atoms with E-state index < -0.39 is 17.7 Å². The minimum Gasteiger partial charge on any atom is -0.488 e. The van der Waals surface area contributed by atoms with Crippen LogP contribution in [0.1, 0.15) is 33.8 Å². The monoisotopic (exact) mass is 485 g/mol. The number of rotatable bonds is 3. The SMILES string of the molecule is Cc1ccc2c(N)c(C(=O)N[C@@H]3COc4c(F)c(N5CC6CCC(C5)N6)cc(F)c4C3)sc2n1. The molecule has 2 bridgehead atoms. The number of nitrogens with zero attached hydrogens (tertiary/aromatic N) is 2. The largest absolute Gasteiger partial charge is 0.488 e. The van der Waals surface area contributed by atoms with Crippen LogP contribution in [0.25, 0.3) is 10.2 Å². The maximum Gasteiger partial charge on any atom is 0.263 e. The summed E-state index contributed by atoms with van der Waals surface area (Å²) in [6, 6.07) is 5.06. The lowest BCUT2D eigenvalue weighted by Gasteiger charge is -2.36. The second-order valence-corrected chi connectivity index (χ2v) is 10.4. The molecule has 34 heavy (non-hydrogen) atoms. The standard InChI is InChI=1S/C24H25F2N5O2S/c1-11-2-5-15-20(27)22(34-24(15)28-11)23(32)30-14-6-16-17(25)7-18(19(26)21(16)33-10-14)31-8-12-3-4-13(9-31)29-12/h2,5,7,12-14,29H,3-4,6,8-10,27H2,1H3,(H,30,32)/t12?,13?,14-/m0/s1. The van der Waals surface area contributed by atoms with Gasteiger partial charge in [0.1, 0.15) is 22.1 Å². The van der Waals surface area contributed by atoms with Crippen molar-refractivity contribution >= 4 is 38.8 Å². The van der Waals surface area contributed by atoms with E-state index >= 15 is 8.78 Å². The minimum absolute atomic E-state index is 0.0487. The van der Waals surface area contributed by atoms with Crippen molar-refractivity contribution < 1.29 is 18.3 Å². The molecule has 0 aliphatic carbocycles. The van der Waals surface area contributed by atoms with Gasteiger partial charge in [0.25, 0.3) is 5.91 Å². The fraction of sp³-hybridized carbons (Fsp3) is 0.417. The van der Waals surface area contributed by atoms with Gasteiger partial charge in [-0.1, -0.05) is 0 Å². The van der Waals surface area contributed by atoms with E-state index in [1.54, 1.807) is 0 Å². The van der Waals surface area contributed by atoms with E-state index in [-0.39, 0.29) is 35.9 Å². The first kappa shape index (κ1) is 21.5. The Bertz CT molecular complexity index is 1300. The lowest BCUT2D eigenvalue weighted by molar-refractivity contribution is 0.0918. The van der Waals surface area contributed by atoms with Gasteiger partial charge in [-0.25, -0.2) is 13.8 Å². The number of hydrogen-bond donors (Lipinski definition) is 3. The number of benzene rings is 1. The molecule has 0 spiro atoms. The van der Waals surface area contributed by atoms with Gasteiger partial charge >= 0.3 is 0 Å². The topological polar surface area (TPSA) is 92.5 Å². The van der Waals surface area contributed by atoms with Crippen LogP contribution in [0.3, 0.4) is 0 Å². The smallest absolute Gasteiger partial charge is 0.263 e. The van der Waals surface area contributed by atoms with Gasteiger partial charge in [-0.05, 0) is 31.9 Å². The lowest BCUT2D eigenvalue weighted by Crippen LogP contribution is -2.51. The molecule has 178 valence electrons. The highest BCUT2D eigenvalue weighted by molar-refractivity contribution is 7.21. The molecule has 1 amide bonds. The van der Waals surface area contributed by atoms with Crippen LogP contribution in [-0.4, -0.2) is 48.7 Å². The molecule has 0 saturated carbocycles. The minimum atomic E-state index is -0.530. The number of carbonyl (C=O) groups excluding carboxylic acids is 1. The molecule has 2 unspecified atom stereocenters. The molecule has 2 fully saturated rings. The van der Waals surface area contributed by atoms with Gasteiger partial charge < -0.3 is 26.0 Å². The third kappa shape index (κ3) is 3.56. The highest BCUT2D eigenvalue weighted by atomic mass is 32.1. The third-order valence-corrected chi connectivity index (χ3v) is 8.08. The van der Waals surface area contributed by atoms with Gasteiger partial charge in [-0.2, -0.15) is 0 Å². The highest BCUT2D eigenvalue weighted by Gasteiger charge is 2.36. The first-order chi connectivity index (χ1) is 16.4. The maximum atomic E-state index is 15.4. The van der Waals surface area contributed by atoms with Crippen molar-refractivity contribution in [1.29, 1.82) is 0 Å².